The van der Waals surface area contributed by atoms with Crippen molar-refractivity contribution in [3.05, 3.63) is 0 Å². The number of rotatable bonds is 5. The summed E-state index contributed by atoms with van der Waals surface area (Å²) in [6, 6.07) is 0. The van der Waals surface area contributed by atoms with Gasteiger partial charge in [0.25, 0.3) is 0 Å². The molecule has 0 fully saturated rings. The number of hydrogen-bond acceptors (Lipinski definition) is 4. The van der Waals surface area contributed by atoms with Crippen LogP contribution in [0.4, 0.5) is 0 Å². The lowest BCUT2D eigenvalue weighted by atomic mass is 10.5. The molecular weight excluding hydrogens is 166 g/mol. The van der Waals surface area contributed by atoms with Crippen LogP contribution >= 0.6 is 11.8 Å². The summed E-state index contributed by atoms with van der Waals surface area (Å²) >= 11 is 1.36. The summed E-state index contributed by atoms with van der Waals surface area (Å²) < 4.78 is 0. The van der Waals surface area contributed by atoms with E-state index in [1.165, 1.54) is 18.7 Å². The van der Waals surface area contributed by atoms with E-state index >= 15 is 0 Å². The summed E-state index contributed by atoms with van der Waals surface area (Å²) in [5.74, 6) is -0.225. The van der Waals surface area contributed by atoms with E-state index in [1.807, 2.05) is 0 Å². The van der Waals surface area contributed by atoms with E-state index in [4.69, 9.17) is 0 Å². The van der Waals surface area contributed by atoms with E-state index in [1.54, 1.807) is 0 Å². The summed E-state index contributed by atoms with van der Waals surface area (Å²) in [6.07, 6.45) is 0.0320. The maximum Gasteiger partial charge on any atom is 0.217 e. The Morgan fingerprint density at radius 2 is 2.18 bits per heavy atom. The van der Waals surface area contributed by atoms with Crippen molar-refractivity contribution in [3.63, 3.8) is 0 Å². The molecule has 0 radical (unpaired) electrons. The van der Waals surface area contributed by atoms with Crippen LogP contribution in [-0.4, -0.2) is 23.5 Å². The largest absolute Gasteiger partial charge is 0.550 e. The van der Waals surface area contributed by atoms with E-state index in [-0.39, 0.29) is 12.3 Å². The summed E-state index contributed by atoms with van der Waals surface area (Å²) in [5, 5.41) is 12.4. The maximum atomic E-state index is 10.3. The first-order valence-electron chi connectivity index (χ1n) is 3.15. The molecule has 0 aromatic rings. The van der Waals surface area contributed by atoms with Crippen molar-refractivity contribution < 1.29 is 14.7 Å². The van der Waals surface area contributed by atoms with Crippen LogP contribution in [0.25, 0.3) is 0 Å². The number of aliphatic carboxylic acids is 1. The molecule has 0 aliphatic heterocycles. The minimum Gasteiger partial charge on any atom is -0.550 e. The zero-order chi connectivity index (χ0) is 8.69. The fourth-order valence-electron chi connectivity index (χ4n) is 0.380. The average Bonchev–Trinajstić information content (AvgIpc) is 1.85. The second-order valence-corrected chi connectivity index (χ2v) is 3.01. The first-order chi connectivity index (χ1) is 5.13. The van der Waals surface area contributed by atoms with Crippen molar-refractivity contribution in [2.24, 2.45) is 0 Å². The first kappa shape index (κ1) is 10.3. The lowest BCUT2D eigenvalue weighted by molar-refractivity contribution is -0.305. The third-order valence-electron chi connectivity index (χ3n) is 0.874. The molecule has 1 N–H and O–H groups in total. The predicted molar refractivity (Wildman–Crippen MR) is 40.8 cm³/mol. The number of hydrogen-bond donors (Lipinski definition) is 1. The smallest absolute Gasteiger partial charge is 0.217 e. The summed E-state index contributed by atoms with van der Waals surface area (Å²) in [4.78, 5) is 20.2. The van der Waals surface area contributed by atoms with Crippen LogP contribution < -0.4 is 10.4 Å². The van der Waals surface area contributed by atoms with Gasteiger partial charge in [0.05, 0.1) is 5.88 Å². The number of carbonyl (C=O) groups excluding carboxylic acids is 2. The minimum atomic E-state index is -1.06. The van der Waals surface area contributed by atoms with E-state index in [0.29, 0.717) is 11.6 Å². The number of carboxylic acid groups (broad SMARTS) is 1. The highest BCUT2D eigenvalue weighted by molar-refractivity contribution is 7.99. The zero-order valence-electron chi connectivity index (χ0n) is 6.25. The highest BCUT2D eigenvalue weighted by atomic mass is 32.2. The fraction of sp³-hybridized carbons (Fsp3) is 0.667. The van der Waals surface area contributed by atoms with Gasteiger partial charge < -0.3 is 15.2 Å². The molecule has 4 nitrogen and oxygen atoms in total. The molecule has 0 rings (SSSR count). The Labute approximate surface area is 69.4 Å². The molecule has 0 aliphatic carbocycles. The fourth-order valence-corrected chi connectivity index (χ4v) is 1.14. The van der Waals surface area contributed by atoms with Gasteiger partial charge in [-0.3, -0.25) is 4.79 Å². The van der Waals surface area contributed by atoms with Crippen LogP contribution in [0, 0.1) is 0 Å². The minimum absolute atomic E-state index is 0.0320. The van der Waals surface area contributed by atoms with Gasteiger partial charge in [0, 0.05) is 18.6 Å². The molecule has 0 aromatic heterocycles. The van der Waals surface area contributed by atoms with Crippen LogP contribution in [0.3, 0.4) is 0 Å². The van der Waals surface area contributed by atoms with Gasteiger partial charge >= 0.3 is 0 Å². The predicted octanol–water partition coefficient (Wildman–Crippen LogP) is -1.05. The quantitative estimate of drug-likeness (QED) is 0.429. The first-order valence-corrected chi connectivity index (χ1v) is 4.30. The monoisotopic (exact) mass is 176 g/mol. The Balaban J connectivity index is 3.03. The normalized spacial score (nSPS) is 9.18. The molecule has 0 aliphatic rings. The van der Waals surface area contributed by atoms with Gasteiger partial charge in [-0.15, -0.1) is 11.8 Å². The number of carbonyl (C=O) groups is 2. The molecule has 0 spiro atoms. The maximum absolute atomic E-state index is 10.3. The zero-order valence-corrected chi connectivity index (χ0v) is 7.07. The molecule has 0 saturated carbocycles. The summed E-state index contributed by atoms with van der Waals surface area (Å²) in [7, 11) is 0. The summed E-state index contributed by atoms with van der Waals surface area (Å²) in [5.41, 5.74) is 0. The molecule has 0 atom stereocenters. The van der Waals surface area contributed by atoms with Crippen molar-refractivity contribution in [1.82, 2.24) is 5.32 Å². The van der Waals surface area contributed by atoms with Gasteiger partial charge in [-0.1, -0.05) is 0 Å². The van der Waals surface area contributed by atoms with Crippen LogP contribution in [0.2, 0.25) is 0 Å². The van der Waals surface area contributed by atoms with Crippen LogP contribution in [-0.2, 0) is 9.59 Å². The van der Waals surface area contributed by atoms with E-state index in [9.17, 15) is 14.7 Å². The number of nitrogens with one attached hydrogen (secondary N) is 1. The van der Waals surface area contributed by atoms with Crippen LogP contribution in [0.1, 0.15) is 13.3 Å². The molecule has 0 heterocycles. The van der Waals surface area contributed by atoms with E-state index < -0.39 is 5.97 Å². The van der Waals surface area contributed by atoms with Gasteiger partial charge in [0.2, 0.25) is 5.91 Å². The number of amides is 1. The lowest BCUT2D eigenvalue weighted by Gasteiger charge is -2.02. The van der Waals surface area contributed by atoms with Gasteiger partial charge in [-0.25, -0.2) is 0 Å². The van der Waals surface area contributed by atoms with Crippen molar-refractivity contribution in [2.45, 2.75) is 13.3 Å². The molecule has 11 heavy (non-hydrogen) atoms. The SMILES string of the molecule is CC(=O)NCSCCC(=O)[O-]. The highest BCUT2D eigenvalue weighted by Gasteiger charge is 1.91. The van der Waals surface area contributed by atoms with Crippen molar-refractivity contribution in [1.29, 1.82) is 0 Å². The topological polar surface area (TPSA) is 69.2 Å². The van der Waals surface area contributed by atoms with Crippen molar-refractivity contribution in [3.8, 4) is 0 Å². The lowest BCUT2D eigenvalue weighted by Crippen LogP contribution is -2.23. The molecule has 0 bridgehead atoms. The number of thioether (sulfide) groups is 1. The van der Waals surface area contributed by atoms with Gasteiger partial charge in [0.15, 0.2) is 0 Å². The van der Waals surface area contributed by atoms with E-state index in [2.05, 4.69) is 5.32 Å². The molecule has 0 aromatic carbocycles. The Hall–Kier alpha value is -0.710. The molecule has 0 unspecified atom stereocenters. The Morgan fingerprint density at radius 1 is 1.55 bits per heavy atom. The van der Waals surface area contributed by atoms with E-state index in [0.717, 1.165) is 0 Å². The highest BCUT2D eigenvalue weighted by Crippen LogP contribution is 1.98. The standard InChI is InChI=1S/C6H11NO3S/c1-5(8)7-4-11-3-2-6(9)10/h2-4H2,1H3,(H,7,8)(H,9,10)/p-1. The number of carboxylic acids is 1. The molecule has 64 valence electrons. The second-order valence-electron chi connectivity index (χ2n) is 1.91. The average molecular weight is 176 g/mol. The molecule has 0 saturated heterocycles. The summed E-state index contributed by atoms with van der Waals surface area (Å²) in [6.45, 7) is 1.42. The van der Waals surface area contributed by atoms with Gasteiger partial charge in [0.1, 0.15) is 0 Å². The Morgan fingerprint density at radius 3 is 2.64 bits per heavy atom. The van der Waals surface area contributed by atoms with Crippen LogP contribution in [0.15, 0.2) is 0 Å². The second kappa shape index (κ2) is 6.03. The Kier molecular flexibility index (Phi) is 5.64. The van der Waals surface area contributed by atoms with Crippen molar-refractivity contribution in [2.75, 3.05) is 11.6 Å². The Bertz CT molecular complexity index is 133. The molecular formula is C6H10NO3S-. The van der Waals surface area contributed by atoms with Gasteiger partial charge in [-0.2, -0.15) is 0 Å². The van der Waals surface area contributed by atoms with Gasteiger partial charge in [-0.05, 0) is 6.42 Å². The molecule has 1 amide bonds. The van der Waals surface area contributed by atoms with Crippen molar-refractivity contribution >= 4 is 23.6 Å². The third-order valence-corrected chi connectivity index (χ3v) is 1.71. The molecule has 5 heteroatoms. The third kappa shape index (κ3) is 9.29. The van der Waals surface area contributed by atoms with Crippen LogP contribution in [0.5, 0.6) is 0 Å².